The van der Waals surface area contributed by atoms with E-state index in [2.05, 4.69) is 16.6 Å². The van der Waals surface area contributed by atoms with Crippen LogP contribution in [-0.4, -0.2) is 21.6 Å². The maximum atomic E-state index is 11.9. The van der Waals surface area contributed by atoms with Crippen molar-refractivity contribution in [3.63, 3.8) is 0 Å². The molecule has 2 rings (SSSR count). The Hall–Kier alpha value is -1.81. The Morgan fingerprint density at radius 1 is 1.14 bits per heavy atom. The first-order chi connectivity index (χ1) is 10.5. The first-order valence-corrected chi connectivity index (χ1v) is 8.99. The van der Waals surface area contributed by atoms with E-state index in [1.165, 1.54) is 11.3 Å². The van der Waals surface area contributed by atoms with Crippen molar-refractivity contribution in [3.8, 4) is 17.6 Å². The third-order valence-corrected chi connectivity index (χ3v) is 5.74. The zero-order chi connectivity index (χ0) is 16.0. The number of hydrogen-bond acceptors (Lipinski definition) is 4. The van der Waals surface area contributed by atoms with Crippen molar-refractivity contribution in [3.05, 3.63) is 46.8 Å². The molecule has 0 bridgehead atoms. The van der Waals surface area contributed by atoms with Crippen LogP contribution in [0.3, 0.4) is 0 Å². The molecule has 6 heteroatoms. The minimum atomic E-state index is -3.46. The lowest BCUT2D eigenvalue weighted by atomic mass is 10.2. The third-order valence-electron chi connectivity index (χ3n) is 2.85. The van der Waals surface area contributed by atoms with E-state index in [0.29, 0.717) is 4.21 Å². The molecule has 0 spiro atoms. The van der Waals surface area contributed by atoms with Gasteiger partial charge in [-0.3, -0.25) is 0 Å². The molecule has 0 aliphatic heterocycles. The third kappa shape index (κ3) is 4.60. The van der Waals surface area contributed by atoms with Gasteiger partial charge in [0.1, 0.15) is 16.6 Å². The van der Waals surface area contributed by atoms with Gasteiger partial charge in [0.2, 0.25) is 0 Å². The van der Waals surface area contributed by atoms with Gasteiger partial charge in [-0.25, -0.2) is 8.42 Å². The molecule has 0 radical (unpaired) electrons. The number of benzene rings is 1. The molecule has 1 N–H and O–H groups in total. The first kappa shape index (κ1) is 16.6. The van der Waals surface area contributed by atoms with Crippen molar-refractivity contribution in [1.29, 1.82) is 0 Å². The van der Waals surface area contributed by atoms with Gasteiger partial charge >= 0.3 is 0 Å². The number of aryl methyl sites for hydroxylation is 2. The fourth-order valence-corrected chi connectivity index (χ4v) is 3.96. The standard InChI is InChI=1S/C16H17NO3S2/c1-13-7-3-4-8-15(13)20-12-6-5-11-17-22(18,19)16-10-9-14(2)21-16/h3-4,7-10,17H,11-12H2,1-2H3. The molecule has 22 heavy (non-hydrogen) atoms. The number of para-hydroxylation sites is 1. The largest absolute Gasteiger partial charge is 0.481 e. The normalized spacial score (nSPS) is 10.8. The second-order valence-electron chi connectivity index (χ2n) is 4.60. The average Bonchev–Trinajstić information content (AvgIpc) is 2.92. The van der Waals surface area contributed by atoms with Crippen LogP contribution in [0.15, 0.2) is 40.6 Å². The van der Waals surface area contributed by atoms with Gasteiger partial charge in [0.05, 0.1) is 6.54 Å². The lowest BCUT2D eigenvalue weighted by Gasteiger charge is -2.04. The van der Waals surface area contributed by atoms with Gasteiger partial charge in [-0.1, -0.05) is 30.0 Å². The molecule has 2 aromatic rings. The monoisotopic (exact) mass is 335 g/mol. The molecule has 4 nitrogen and oxygen atoms in total. The summed E-state index contributed by atoms with van der Waals surface area (Å²) in [6.07, 6.45) is 0. The van der Waals surface area contributed by atoms with E-state index in [4.69, 9.17) is 4.74 Å². The Labute approximate surface area is 135 Å². The molecular formula is C16H17NO3S2. The topological polar surface area (TPSA) is 55.4 Å². The van der Waals surface area contributed by atoms with Crippen molar-refractivity contribution in [2.24, 2.45) is 0 Å². The van der Waals surface area contributed by atoms with Gasteiger partial charge in [0.25, 0.3) is 10.0 Å². The molecule has 0 saturated carbocycles. The highest BCUT2D eigenvalue weighted by molar-refractivity contribution is 7.91. The summed E-state index contributed by atoms with van der Waals surface area (Å²) in [4.78, 5) is 0.957. The molecule has 0 unspecified atom stereocenters. The molecule has 0 fully saturated rings. The maximum Gasteiger partial charge on any atom is 0.250 e. The molecule has 1 aromatic carbocycles. The summed E-state index contributed by atoms with van der Waals surface area (Å²) >= 11 is 1.24. The van der Waals surface area contributed by atoms with Crippen molar-refractivity contribution in [1.82, 2.24) is 4.72 Å². The summed E-state index contributed by atoms with van der Waals surface area (Å²) < 4.78 is 32.2. The molecule has 0 aliphatic carbocycles. The maximum absolute atomic E-state index is 11.9. The molecule has 0 saturated heterocycles. The highest BCUT2D eigenvalue weighted by Gasteiger charge is 2.14. The van der Waals surface area contributed by atoms with Crippen LogP contribution in [0.5, 0.6) is 5.75 Å². The Balaban J connectivity index is 1.81. The fraction of sp³-hybridized carbons (Fsp3) is 0.250. The van der Waals surface area contributed by atoms with Gasteiger partial charge in [-0.05, 0) is 37.6 Å². The zero-order valence-corrected chi connectivity index (χ0v) is 14.1. The predicted octanol–water partition coefficient (Wildman–Crippen LogP) is 2.73. The Bertz CT molecular complexity index is 798. The van der Waals surface area contributed by atoms with Crippen LogP contribution >= 0.6 is 11.3 Å². The van der Waals surface area contributed by atoms with Crippen LogP contribution in [-0.2, 0) is 10.0 Å². The number of nitrogens with one attached hydrogen (secondary N) is 1. The highest BCUT2D eigenvalue weighted by atomic mass is 32.2. The van der Waals surface area contributed by atoms with Crippen LogP contribution in [0.1, 0.15) is 10.4 Å². The molecule has 0 amide bonds. The van der Waals surface area contributed by atoms with E-state index >= 15 is 0 Å². The smallest absolute Gasteiger partial charge is 0.250 e. The SMILES string of the molecule is Cc1ccc(S(=O)(=O)NCC#CCOc2ccccc2C)s1. The minimum absolute atomic E-state index is 0.0659. The van der Waals surface area contributed by atoms with Crippen LogP contribution in [0, 0.1) is 25.7 Å². The number of hydrogen-bond donors (Lipinski definition) is 1. The molecular weight excluding hydrogens is 318 g/mol. The van der Waals surface area contributed by atoms with E-state index in [1.54, 1.807) is 12.1 Å². The van der Waals surface area contributed by atoms with E-state index in [-0.39, 0.29) is 13.2 Å². The molecule has 0 atom stereocenters. The van der Waals surface area contributed by atoms with Crippen molar-refractivity contribution in [2.75, 3.05) is 13.2 Å². The number of thiophene rings is 1. The van der Waals surface area contributed by atoms with E-state index in [1.807, 2.05) is 38.1 Å². The predicted molar refractivity (Wildman–Crippen MR) is 88.7 cm³/mol. The number of rotatable bonds is 5. The van der Waals surface area contributed by atoms with Gasteiger partial charge in [0, 0.05) is 4.88 Å². The number of ether oxygens (including phenoxy) is 1. The van der Waals surface area contributed by atoms with Crippen molar-refractivity contribution in [2.45, 2.75) is 18.1 Å². The summed E-state index contributed by atoms with van der Waals surface area (Å²) in [5, 5.41) is 0. The summed E-state index contributed by atoms with van der Waals surface area (Å²) in [6, 6.07) is 11.0. The average molecular weight is 335 g/mol. The Morgan fingerprint density at radius 3 is 2.59 bits per heavy atom. The second kappa shape index (κ2) is 7.45. The van der Waals surface area contributed by atoms with Gasteiger partial charge in [0.15, 0.2) is 0 Å². The molecule has 0 aliphatic rings. The second-order valence-corrected chi connectivity index (χ2v) is 7.88. The van der Waals surface area contributed by atoms with E-state index in [9.17, 15) is 8.42 Å². The van der Waals surface area contributed by atoms with Crippen molar-refractivity contribution < 1.29 is 13.2 Å². The summed E-state index contributed by atoms with van der Waals surface area (Å²) in [7, 11) is -3.46. The number of sulfonamides is 1. The van der Waals surface area contributed by atoms with E-state index < -0.39 is 10.0 Å². The quantitative estimate of drug-likeness (QED) is 0.855. The van der Waals surface area contributed by atoms with Crippen LogP contribution in [0.2, 0.25) is 0 Å². The van der Waals surface area contributed by atoms with Crippen LogP contribution in [0.25, 0.3) is 0 Å². The molecule has 116 valence electrons. The lowest BCUT2D eigenvalue weighted by Crippen LogP contribution is -2.23. The Morgan fingerprint density at radius 2 is 1.91 bits per heavy atom. The van der Waals surface area contributed by atoms with Crippen molar-refractivity contribution >= 4 is 21.4 Å². The zero-order valence-electron chi connectivity index (χ0n) is 12.4. The summed E-state index contributed by atoms with van der Waals surface area (Å²) in [5.41, 5.74) is 1.04. The Kier molecular flexibility index (Phi) is 5.61. The molecule has 1 aromatic heterocycles. The van der Waals surface area contributed by atoms with Gasteiger partial charge in [-0.2, -0.15) is 4.72 Å². The molecule has 1 heterocycles. The van der Waals surface area contributed by atoms with E-state index in [0.717, 1.165) is 16.2 Å². The van der Waals surface area contributed by atoms with Crippen LogP contribution < -0.4 is 9.46 Å². The summed E-state index contributed by atoms with van der Waals surface area (Å²) in [6.45, 7) is 4.12. The first-order valence-electron chi connectivity index (χ1n) is 6.69. The van der Waals surface area contributed by atoms with Gasteiger partial charge in [-0.15, -0.1) is 11.3 Å². The fourth-order valence-electron chi connectivity index (χ4n) is 1.70. The van der Waals surface area contributed by atoms with Crippen LogP contribution in [0.4, 0.5) is 0 Å². The lowest BCUT2D eigenvalue weighted by molar-refractivity contribution is 0.367. The highest BCUT2D eigenvalue weighted by Crippen LogP contribution is 2.20. The van der Waals surface area contributed by atoms with Gasteiger partial charge < -0.3 is 4.74 Å². The minimum Gasteiger partial charge on any atom is -0.481 e. The summed E-state index contributed by atoms with van der Waals surface area (Å²) in [5.74, 6) is 6.33.